The van der Waals surface area contributed by atoms with Crippen molar-refractivity contribution >= 4 is 29.1 Å². The van der Waals surface area contributed by atoms with Crippen LogP contribution < -0.4 is 0 Å². The van der Waals surface area contributed by atoms with Gasteiger partial charge in [-0.25, -0.2) is 4.79 Å². The van der Waals surface area contributed by atoms with Crippen LogP contribution in [0, 0.1) is 0 Å². The van der Waals surface area contributed by atoms with Crippen LogP contribution in [0.5, 0.6) is 0 Å². The minimum absolute atomic E-state index is 0.0771. The van der Waals surface area contributed by atoms with Gasteiger partial charge in [-0.15, -0.1) is 0 Å². The molecule has 2 saturated heterocycles. The Morgan fingerprint density at radius 3 is 2.32 bits per heavy atom. The van der Waals surface area contributed by atoms with E-state index in [4.69, 9.17) is 14.6 Å². The van der Waals surface area contributed by atoms with Gasteiger partial charge < -0.3 is 19.6 Å². The average Bonchev–Trinajstić information content (AvgIpc) is 3.26. The molecule has 1 N–H and O–H groups in total. The first kappa shape index (κ1) is 25.1. The molecule has 0 saturated carbocycles. The molecular weight excluding hydrogens is 439 g/mol. The van der Waals surface area contributed by atoms with Crippen molar-refractivity contribution in [2.45, 2.75) is 24.6 Å². The van der Waals surface area contributed by atoms with E-state index in [1.165, 1.54) is 11.3 Å². The molecule has 1 spiro atoms. The number of carboxylic acids is 1. The Morgan fingerprint density at radius 2 is 1.84 bits per heavy atom. The maximum atomic E-state index is 13.1. The first-order valence-corrected chi connectivity index (χ1v) is 10.6. The Labute approximate surface area is 182 Å². The van der Waals surface area contributed by atoms with Gasteiger partial charge in [0.25, 0.3) is 5.91 Å². The third-order valence-electron chi connectivity index (χ3n) is 5.58. The van der Waals surface area contributed by atoms with Gasteiger partial charge in [-0.1, -0.05) is 0 Å². The fourth-order valence-electron chi connectivity index (χ4n) is 3.70. The fourth-order valence-corrected chi connectivity index (χ4v) is 4.33. The van der Waals surface area contributed by atoms with Crippen LogP contribution in [0.2, 0.25) is 0 Å². The standard InChI is InChI=1S/C17H25N3O3S.C2HF3O2/c1-18-8-9-20(10-11-23-2)16(22)17(18)4-6-19(7-5-17)15(21)14-3-12-24-13-14;3-2(4,5)1(6)7/h3,12-13H,4-11H2,1-2H3;(H,6,7). The van der Waals surface area contributed by atoms with Crippen LogP contribution in [-0.2, 0) is 14.3 Å². The number of carbonyl (C=O) groups excluding carboxylic acids is 2. The molecule has 31 heavy (non-hydrogen) atoms. The lowest BCUT2D eigenvalue weighted by atomic mass is 9.82. The van der Waals surface area contributed by atoms with Gasteiger partial charge in [0.1, 0.15) is 5.54 Å². The number of amides is 2. The Morgan fingerprint density at radius 1 is 1.23 bits per heavy atom. The first-order chi connectivity index (χ1) is 14.5. The maximum Gasteiger partial charge on any atom is 0.490 e. The van der Waals surface area contributed by atoms with Crippen molar-refractivity contribution in [1.82, 2.24) is 14.7 Å². The molecule has 1 aromatic heterocycles. The Balaban J connectivity index is 0.000000423. The fraction of sp³-hybridized carbons (Fsp3) is 0.632. The average molecular weight is 465 g/mol. The predicted octanol–water partition coefficient (Wildman–Crippen LogP) is 1.78. The van der Waals surface area contributed by atoms with Crippen molar-refractivity contribution in [2.24, 2.45) is 0 Å². The van der Waals surface area contributed by atoms with Gasteiger partial charge in [-0.05, 0) is 31.3 Å². The van der Waals surface area contributed by atoms with E-state index in [1.807, 2.05) is 33.7 Å². The molecule has 0 bridgehead atoms. The van der Waals surface area contributed by atoms with Crippen molar-refractivity contribution in [1.29, 1.82) is 0 Å². The van der Waals surface area contributed by atoms with E-state index in [1.54, 1.807) is 7.11 Å². The summed E-state index contributed by atoms with van der Waals surface area (Å²) in [6.07, 6.45) is -3.69. The number of alkyl halides is 3. The van der Waals surface area contributed by atoms with E-state index in [9.17, 15) is 22.8 Å². The number of methoxy groups -OCH3 is 1. The molecule has 0 aliphatic carbocycles. The third-order valence-corrected chi connectivity index (χ3v) is 6.26. The van der Waals surface area contributed by atoms with E-state index in [2.05, 4.69) is 4.90 Å². The van der Waals surface area contributed by atoms with E-state index >= 15 is 0 Å². The van der Waals surface area contributed by atoms with Crippen LogP contribution in [0.4, 0.5) is 13.2 Å². The second-order valence-electron chi connectivity index (χ2n) is 7.35. The molecule has 3 rings (SSSR count). The maximum absolute atomic E-state index is 13.1. The Hall–Kier alpha value is -2.18. The molecule has 12 heteroatoms. The molecule has 2 fully saturated rings. The van der Waals surface area contributed by atoms with Gasteiger partial charge >= 0.3 is 12.1 Å². The normalized spacial score (nSPS) is 19.2. The Kier molecular flexibility index (Phi) is 8.43. The summed E-state index contributed by atoms with van der Waals surface area (Å²) < 4.78 is 36.9. The lowest BCUT2D eigenvalue weighted by molar-refractivity contribution is -0.192. The number of likely N-dealkylation sites (N-methyl/N-ethyl adjacent to an activating group) is 1. The molecule has 8 nitrogen and oxygen atoms in total. The molecule has 0 radical (unpaired) electrons. The molecule has 0 unspecified atom stereocenters. The highest BCUT2D eigenvalue weighted by Crippen LogP contribution is 2.33. The number of hydrogen-bond acceptors (Lipinski definition) is 6. The van der Waals surface area contributed by atoms with Gasteiger partial charge in [0.15, 0.2) is 0 Å². The van der Waals surface area contributed by atoms with Crippen molar-refractivity contribution in [3.63, 3.8) is 0 Å². The van der Waals surface area contributed by atoms with Gasteiger partial charge in [-0.3, -0.25) is 14.5 Å². The summed E-state index contributed by atoms with van der Waals surface area (Å²) >= 11 is 1.53. The van der Waals surface area contributed by atoms with E-state index in [-0.39, 0.29) is 11.8 Å². The summed E-state index contributed by atoms with van der Waals surface area (Å²) in [6, 6.07) is 1.86. The van der Waals surface area contributed by atoms with Crippen LogP contribution in [0.1, 0.15) is 23.2 Å². The molecule has 2 amide bonds. The summed E-state index contributed by atoms with van der Waals surface area (Å²) in [7, 11) is 3.69. The minimum atomic E-state index is -5.08. The lowest BCUT2D eigenvalue weighted by Crippen LogP contribution is -2.68. The third kappa shape index (κ3) is 5.95. The highest BCUT2D eigenvalue weighted by molar-refractivity contribution is 7.08. The van der Waals surface area contributed by atoms with E-state index in [0.717, 1.165) is 18.7 Å². The van der Waals surface area contributed by atoms with Crippen molar-refractivity contribution in [3.05, 3.63) is 22.4 Å². The van der Waals surface area contributed by atoms with E-state index < -0.39 is 17.7 Å². The number of halogens is 3. The largest absolute Gasteiger partial charge is 0.490 e. The lowest BCUT2D eigenvalue weighted by Gasteiger charge is -2.51. The van der Waals surface area contributed by atoms with E-state index in [0.29, 0.717) is 39.1 Å². The number of hydrogen-bond donors (Lipinski definition) is 1. The van der Waals surface area contributed by atoms with Gasteiger partial charge in [0, 0.05) is 45.2 Å². The number of carbonyl (C=O) groups is 3. The van der Waals surface area contributed by atoms with Crippen molar-refractivity contribution in [2.75, 3.05) is 53.5 Å². The number of nitrogens with zero attached hydrogens (tertiary/aromatic N) is 3. The summed E-state index contributed by atoms with van der Waals surface area (Å²) in [5, 5.41) is 10.9. The summed E-state index contributed by atoms with van der Waals surface area (Å²) in [4.78, 5) is 40.4. The summed E-state index contributed by atoms with van der Waals surface area (Å²) in [5.74, 6) is -2.49. The van der Waals surface area contributed by atoms with Crippen LogP contribution >= 0.6 is 11.3 Å². The predicted molar refractivity (Wildman–Crippen MR) is 107 cm³/mol. The number of rotatable bonds is 4. The van der Waals surface area contributed by atoms with Crippen LogP contribution in [0.25, 0.3) is 0 Å². The molecule has 2 aliphatic rings. The molecular formula is C19H26F3N3O5S. The number of aliphatic carboxylic acids is 1. The minimum Gasteiger partial charge on any atom is -0.475 e. The number of likely N-dealkylation sites (tertiary alicyclic amines) is 1. The van der Waals surface area contributed by atoms with Gasteiger partial charge in [0.2, 0.25) is 5.91 Å². The van der Waals surface area contributed by atoms with Gasteiger partial charge in [0.05, 0.1) is 12.2 Å². The zero-order chi connectivity index (χ0) is 23.2. The quantitative estimate of drug-likeness (QED) is 0.729. The molecule has 2 aliphatic heterocycles. The van der Waals surface area contributed by atoms with Crippen LogP contribution in [-0.4, -0.2) is 103 Å². The Bertz CT molecular complexity index is 762. The highest BCUT2D eigenvalue weighted by Gasteiger charge is 2.49. The zero-order valence-electron chi connectivity index (χ0n) is 17.4. The summed E-state index contributed by atoms with van der Waals surface area (Å²) in [6.45, 7) is 4.08. The highest BCUT2D eigenvalue weighted by atomic mass is 32.1. The SMILES string of the molecule is COCCN1CCN(C)C2(CCN(C(=O)c3ccsc3)CC2)C1=O.O=C(O)C(F)(F)F. The van der Waals surface area contributed by atoms with Crippen LogP contribution in [0.15, 0.2) is 16.8 Å². The second kappa shape index (κ2) is 10.4. The molecule has 174 valence electrons. The van der Waals surface area contributed by atoms with Crippen molar-refractivity contribution < 1.29 is 37.4 Å². The van der Waals surface area contributed by atoms with Crippen LogP contribution in [0.3, 0.4) is 0 Å². The molecule has 0 aromatic carbocycles. The molecule has 3 heterocycles. The second-order valence-corrected chi connectivity index (χ2v) is 8.13. The number of thiophene rings is 1. The zero-order valence-corrected chi connectivity index (χ0v) is 18.2. The number of ether oxygens (including phenoxy) is 1. The number of piperazine rings is 1. The molecule has 1 aromatic rings. The molecule has 0 atom stereocenters. The monoisotopic (exact) mass is 465 g/mol. The van der Waals surface area contributed by atoms with Gasteiger partial charge in [-0.2, -0.15) is 24.5 Å². The number of piperidine rings is 1. The smallest absolute Gasteiger partial charge is 0.475 e. The number of carboxylic acid groups (broad SMARTS) is 1. The summed E-state index contributed by atoms with van der Waals surface area (Å²) in [5.41, 5.74) is 0.290. The topological polar surface area (TPSA) is 90.4 Å². The van der Waals surface area contributed by atoms with Crippen molar-refractivity contribution in [3.8, 4) is 0 Å². The first-order valence-electron chi connectivity index (χ1n) is 9.64.